The van der Waals surface area contributed by atoms with Gasteiger partial charge < -0.3 is 9.47 Å². The quantitative estimate of drug-likeness (QED) is 0.928. The Balaban J connectivity index is 1.80. The van der Waals surface area contributed by atoms with E-state index in [1.54, 1.807) is 25.3 Å². The van der Waals surface area contributed by atoms with Gasteiger partial charge in [-0.15, -0.1) is 0 Å². The number of halogens is 1. The Bertz CT molecular complexity index is 823. The summed E-state index contributed by atoms with van der Waals surface area (Å²) in [6.45, 7) is 0.188. The van der Waals surface area contributed by atoms with Gasteiger partial charge in [0.2, 0.25) is 10.0 Å². The summed E-state index contributed by atoms with van der Waals surface area (Å²) >= 11 is 0. The first-order chi connectivity index (χ1) is 11.0. The van der Waals surface area contributed by atoms with E-state index in [-0.39, 0.29) is 11.5 Å². The van der Waals surface area contributed by atoms with Crippen molar-refractivity contribution in [2.24, 2.45) is 0 Å². The van der Waals surface area contributed by atoms with Crippen LogP contribution in [-0.2, 0) is 16.4 Å². The zero-order valence-electron chi connectivity index (χ0n) is 12.5. The van der Waals surface area contributed by atoms with Crippen molar-refractivity contribution < 1.29 is 22.3 Å². The molecule has 0 aromatic heterocycles. The number of nitrogens with one attached hydrogen (secondary N) is 1. The van der Waals surface area contributed by atoms with Crippen molar-refractivity contribution >= 4 is 10.0 Å². The molecule has 0 saturated heterocycles. The fourth-order valence-corrected chi connectivity index (χ4v) is 3.82. The number of methoxy groups -OCH3 is 1. The van der Waals surface area contributed by atoms with Crippen molar-refractivity contribution in [2.45, 2.75) is 17.4 Å². The van der Waals surface area contributed by atoms with Gasteiger partial charge in [0, 0.05) is 0 Å². The molecule has 1 unspecified atom stereocenters. The molecule has 0 radical (unpaired) electrons. The Kier molecular flexibility index (Phi) is 4.23. The molecule has 0 bridgehead atoms. The van der Waals surface area contributed by atoms with Gasteiger partial charge in [0.25, 0.3) is 0 Å². The van der Waals surface area contributed by atoms with Crippen LogP contribution in [0.5, 0.6) is 11.5 Å². The Morgan fingerprint density at radius 1 is 1.26 bits per heavy atom. The summed E-state index contributed by atoms with van der Waals surface area (Å²) in [5.41, 5.74) is 0.844. The van der Waals surface area contributed by atoms with E-state index in [0.717, 1.165) is 11.6 Å². The summed E-state index contributed by atoms with van der Waals surface area (Å²) in [5, 5.41) is 0. The average Bonchev–Trinajstić information content (AvgIpc) is 2.54. The number of benzene rings is 2. The van der Waals surface area contributed by atoms with Crippen LogP contribution in [0.3, 0.4) is 0 Å². The highest BCUT2D eigenvalue weighted by atomic mass is 32.2. The van der Waals surface area contributed by atoms with Crippen LogP contribution in [0.4, 0.5) is 4.39 Å². The second kappa shape index (κ2) is 6.17. The second-order valence-corrected chi connectivity index (χ2v) is 6.92. The molecular weight excluding hydrogens is 321 g/mol. The normalized spacial score (nSPS) is 17.2. The molecule has 122 valence electrons. The van der Waals surface area contributed by atoms with E-state index in [0.29, 0.717) is 17.9 Å². The number of rotatable bonds is 4. The van der Waals surface area contributed by atoms with E-state index in [1.165, 1.54) is 18.2 Å². The van der Waals surface area contributed by atoms with Gasteiger partial charge in [0.15, 0.2) is 0 Å². The molecule has 7 heteroatoms. The molecule has 23 heavy (non-hydrogen) atoms. The number of hydrogen-bond acceptors (Lipinski definition) is 4. The molecule has 1 atom stereocenters. The summed E-state index contributed by atoms with van der Waals surface area (Å²) < 4.78 is 51.6. The summed E-state index contributed by atoms with van der Waals surface area (Å²) in [5.74, 6) is 0.593. The van der Waals surface area contributed by atoms with Crippen LogP contribution in [0.15, 0.2) is 47.4 Å². The van der Waals surface area contributed by atoms with Gasteiger partial charge in [-0.25, -0.2) is 17.5 Å². The van der Waals surface area contributed by atoms with Crippen LogP contribution in [0.2, 0.25) is 0 Å². The third-order valence-electron chi connectivity index (χ3n) is 3.62. The average molecular weight is 337 g/mol. The first kappa shape index (κ1) is 15.8. The van der Waals surface area contributed by atoms with E-state index >= 15 is 0 Å². The van der Waals surface area contributed by atoms with Crippen molar-refractivity contribution in [1.82, 2.24) is 4.72 Å². The van der Waals surface area contributed by atoms with Crippen LogP contribution in [0, 0.1) is 5.82 Å². The van der Waals surface area contributed by atoms with Crippen molar-refractivity contribution in [2.75, 3.05) is 13.7 Å². The molecular formula is C16H16FNO4S. The van der Waals surface area contributed by atoms with E-state index in [1.807, 2.05) is 0 Å². The lowest BCUT2D eigenvalue weighted by atomic mass is 10.0. The Hall–Kier alpha value is -2.12. The minimum Gasteiger partial charge on any atom is -0.497 e. The van der Waals surface area contributed by atoms with E-state index in [4.69, 9.17) is 9.47 Å². The Morgan fingerprint density at radius 3 is 2.78 bits per heavy atom. The molecule has 0 aliphatic carbocycles. The molecule has 0 spiro atoms. The van der Waals surface area contributed by atoms with Gasteiger partial charge in [-0.3, -0.25) is 0 Å². The molecule has 0 fully saturated rings. The molecule has 2 aromatic rings. The summed E-state index contributed by atoms with van der Waals surface area (Å²) in [6, 6.07) is 10.2. The summed E-state index contributed by atoms with van der Waals surface area (Å²) in [7, 11) is -2.39. The van der Waals surface area contributed by atoms with Crippen molar-refractivity contribution in [1.29, 1.82) is 0 Å². The zero-order chi connectivity index (χ0) is 16.4. The lowest BCUT2D eigenvalue weighted by Crippen LogP contribution is -2.42. The number of sulfonamides is 1. The predicted octanol–water partition coefficient (Wildman–Crippen LogP) is 2.12. The first-order valence-electron chi connectivity index (χ1n) is 7.06. The van der Waals surface area contributed by atoms with Gasteiger partial charge >= 0.3 is 0 Å². The maximum absolute atomic E-state index is 13.7. The topological polar surface area (TPSA) is 64.6 Å². The van der Waals surface area contributed by atoms with Crippen LogP contribution in [0.1, 0.15) is 5.56 Å². The van der Waals surface area contributed by atoms with Crippen LogP contribution >= 0.6 is 0 Å². The highest BCUT2D eigenvalue weighted by Gasteiger charge is 2.27. The van der Waals surface area contributed by atoms with Crippen molar-refractivity contribution in [3.8, 4) is 11.5 Å². The van der Waals surface area contributed by atoms with E-state index < -0.39 is 21.9 Å². The van der Waals surface area contributed by atoms with Gasteiger partial charge in [0.1, 0.15) is 28.8 Å². The van der Waals surface area contributed by atoms with Gasteiger partial charge in [-0.2, -0.15) is 0 Å². The molecule has 1 aliphatic heterocycles. The van der Waals surface area contributed by atoms with Crippen molar-refractivity contribution in [3.63, 3.8) is 0 Å². The number of ether oxygens (including phenoxy) is 2. The number of hydrogen-bond donors (Lipinski definition) is 1. The molecule has 0 amide bonds. The van der Waals surface area contributed by atoms with Gasteiger partial charge in [0.05, 0.1) is 13.2 Å². The molecule has 0 saturated carbocycles. The smallest absolute Gasteiger partial charge is 0.243 e. The Labute approximate surface area is 134 Å². The maximum atomic E-state index is 13.7. The van der Waals surface area contributed by atoms with Gasteiger partial charge in [-0.1, -0.05) is 12.1 Å². The van der Waals surface area contributed by atoms with Crippen LogP contribution in [-0.4, -0.2) is 28.2 Å². The van der Waals surface area contributed by atoms with E-state index in [9.17, 15) is 12.8 Å². The zero-order valence-corrected chi connectivity index (χ0v) is 13.3. The number of fused-ring (bicyclic) bond motifs is 1. The molecule has 1 N–H and O–H groups in total. The monoisotopic (exact) mass is 337 g/mol. The van der Waals surface area contributed by atoms with Crippen LogP contribution in [0.25, 0.3) is 0 Å². The maximum Gasteiger partial charge on any atom is 0.243 e. The highest BCUT2D eigenvalue weighted by Crippen LogP contribution is 2.29. The van der Waals surface area contributed by atoms with Crippen molar-refractivity contribution in [3.05, 3.63) is 53.8 Å². The predicted molar refractivity (Wildman–Crippen MR) is 82.7 cm³/mol. The molecule has 5 nitrogen and oxygen atoms in total. The highest BCUT2D eigenvalue weighted by molar-refractivity contribution is 7.89. The minimum atomic E-state index is -3.95. The largest absolute Gasteiger partial charge is 0.497 e. The SMILES string of the molecule is COc1ccc2c(c1)CC(NS(=O)(=O)c1ccccc1F)CO2. The lowest BCUT2D eigenvalue weighted by molar-refractivity contribution is 0.253. The lowest BCUT2D eigenvalue weighted by Gasteiger charge is -2.26. The summed E-state index contributed by atoms with van der Waals surface area (Å²) in [6.07, 6.45) is 0.445. The second-order valence-electron chi connectivity index (χ2n) is 5.24. The molecule has 1 heterocycles. The summed E-state index contributed by atoms with van der Waals surface area (Å²) in [4.78, 5) is -0.364. The Morgan fingerprint density at radius 2 is 2.04 bits per heavy atom. The van der Waals surface area contributed by atoms with E-state index in [2.05, 4.69) is 4.72 Å². The first-order valence-corrected chi connectivity index (χ1v) is 8.54. The fraction of sp³-hybridized carbons (Fsp3) is 0.250. The third kappa shape index (κ3) is 3.30. The molecule has 1 aliphatic rings. The standard InChI is InChI=1S/C16H16FNO4S/c1-21-13-6-7-15-11(9-13)8-12(10-22-15)18-23(19,20)16-5-3-2-4-14(16)17/h2-7,9,12,18H,8,10H2,1H3. The van der Waals surface area contributed by atoms with Crippen LogP contribution < -0.4 is 14.2 Å². The minimum absolute atomic E-state index is 0.188. The van der Waals surface area contributed by atoms with Gasteiger partial charge in [-0.05, 0) is 42.3 Å². The fourth-order valence-electron chi connectivity index (χ4n) is 2.52. The molecule has 2 aromatic carbocycles. The third-order valence-corrected chi connectivity index (χ3v) is 5.18. The molecule has 3 rings (SSSR count).